The van der Waals surface area contributed by atoms with Gasteiger partial charge < -0.3 is 23.9 Å². The highest BCUT2D eigenvalue weighted by Crippen LogP contribution is 2.50. The zero-order chi connectivity index (χ0) is 18.4. The molecule has 1 aromatic carbocycles. The van der Waals surface area contributed by atoms with Gasteiger partial charge in [0.1, 0.15) is 17.5 Å². The van der Waals surface area contributed by atoms with Crippen LogP contribution >= 0.6 is 7.82 Å². The van der Waals surface area contributed by atoms with Gasteiger partial charge >= 0.3 is 0 Å². The summed E-state index contributed by atoms with van der Waals surface area (Å²) in [7, 11) is -5.08. The Kier molecular flexibility index (Phi) is 4.38. The van der Waals surface area contributed by atoms with Crippen LogP contribution in [0, 0.1) is 11.3 Å². The van der Waals surface area contributed by atoms with E-state index in [1.165, 1.54) is 4.90 Å². The summed E-state index contributed by atoms with van der Waals surface area (Å²) in [6.07, 6.45) is -0.152. The number of carbonyl (C=O) groups is 1. The maximum Gasteiger partial charge on any atom is 0.265 e. The van der Waals surface area contributed by atoms with Crippen molar-refractivity contribution < 1.29 is 28.4 Å². The van der Waals surface area contributed by atoms with Gasteiger partial charge in [0.05, 0.1) is 17.7 Å². The molecule has 2 aliphatic rings. The van der Waals surface area contributed by atoms with Gasteiger partial charge in [-0.2, -0.15) is 5.26 Å². The lowest BCUT2D eigenvalue weighted by atomic mass is 9.85. The summed E-state index contributed by atoms with van der Waals surface area (Å²) in [5, 5.41) is 9.16. The molecular weight excluding hydrogens is 347 g/mol. The zero-order valence-electron chi connectivity index (χ0n) is 13.8. The third-order valence-corrected chi connectivity index (χ3v) is 4.99. The predicted molar refractivity (Wildman–Crippen MR) is 84.3 cm³/mol. The van der Waals surface area contributed by atoms with Crippen molar-refractivity contribution in [1.82, 2.24) is 4.90 Å². The van der Waals surface area contributed by atoms with Crippen molar-refractivity contribution in [3.8, 4) is 11.8 Å². The van der Waals surface area contributed by atoms with Crippen LogP contribution in [0.25, 0.3) is 0 Å². The Labute approximate surface area is 145 Å². The fourth-order valence-corrected chi connectivity index (χ4v) is 4.11. The summed E-state index contributed by atoms with van der Waals surface area (Å²) in [6.45, 7) is 3.69. The van der Waals surface area contributed by atoms with Crippen LogP contribution in [-0.4, -0.2) is 34.0 Å². The number of rotatable bonds is 3. The molecule has 0 aromatic heterocycles. The molecule has 3 rings (SSSR count). The van der Waals surface area contributed by atoms with Crippen molar-refractivity contribution in [2.75, 3.05) is 6.54 Å². The maximum atomic E-state index is 12.3. The topological polar surface area (TPSA) is 123 Å². The molecule has 3 atom stereocenters. The van der Waals surface area contributed by atoms with E-state index in [9.17, 15) is 19.1 Å². The van der Waals surface area contributed by atoms with E-state index in [1.54, 1.807) is 32.0 Å². The van der Waals surface area contributed by atoms with Crippen molar-refractivity contribution in [3.05, 3.63) is 29.3 Å². The average Bonchev–Trinajstić information content (AvgIpc) is 2.92. The fourth-order valence-electron chi connectivity index (χ4n) is 3.45. The number of likely N-dealkylation sites (tertiary alicyclic amines) is 1. The maximum absolute atomic E-state index is 12.3. The van der Waals surface area contributed by atoms with Gasteiger partial charge in [0, 0.05) is 18.5 Å². The van der Waals surface area contributed by atoms with Crippen LogP contribution in [-0.2, 0) is 13.9 Å². The minimum Gasteiger partial charge on any atom is -0.756 e. The van der Waals surface area contributed by atoms with Crippen molar-refractivity contribution in [3.63, 3.8) is 0 Å². The SMILES string of the molecule is CC1(C)Oc2ccc(C#N)cc2[C@H](N2CCCC2=O)[C@@H]1OP(=O)([O-])O. The van der Waals surface area contributed by atoms with Crippen LogP contribution < -0.4 is 9.63 Å². The molecule has 1 amide bonds. The molecule has 0 saturated carbocycles. The van der Waals surface area contributed by atoms with Crippen LogP contribution in [0.4, 0.5) is 0 Å². The molecule has 1 unspecified atom stereocenters. The number of hydrogen-bond donors (Lipinski definition) is 1. The second kappa shape index (κ2) is 6.11. The molecule has 0 spiro atoms. The van der Waals surface area contributed by atoms with Crippen molar-refractivity contribution in [2.24, 2.45) is 0 Å². The van der Waals surface area contributed by atoms with Gasteiger partial charge in [0.15, 0.2) is 0 Å². The molecular formula is C16H18N2O6P-. The smallest absolute Gasteiger partial charge is 0.265 e. The van der Waals surface area contributed by atoms with Crippen molar-refractivity contribution in [1.29, 1.82) is 5.26 Å². The molecule has 0 radical (unpaired) electrons. The minimum absolute atomic E-state index is 0.136. The molecule has 8 nitrogen and oxygen atoms in total. The monoisotopic (exact) mass is 365 g/mol. The number of ether oxygens (including phenoxy) is 1. The molecule has 0 aliphatic carbocycles. The molecule has 1 aromatic rings. The first-order chi connectivity index (χ1) is 11.6. The van der Waals surface area contributed by atoms with Crippen molar-refractivity contribution >= 4 is 13.7 Å². The van der Waals surface area contributed by atoms with E-state index in [4.69, 9.17) is 14.5 Å². The van der Waals surface area contributed by atoms with Gasteiger partial charge in [0.2, 0.25) is 5.91 Å². The number of benzene rings is 1. The Morgan fingerprint density at radius 1 is 1.52 bits per heavy atom. The first-order valence-electron chi connectivity index (χ1n) is 7.87. The molecule has 2 aliphatic heterocycles. The van der Waals surface area contributed by atoms with E-state index in [1.807, 2.05) is 6.07 Å². The number of hydrogen-bond acceptors (Lipinski definition) is 6. The first kappa shape index (κ1) is 17.9. The van der Waals surface area contributed by atoms with Crippen LogP contribution in [0.1, 0.15) is 43.9 Å². The van der Waals surface area contributed by atoms with Crippen LogP contribution in [0.5, 0.6) is 5.75 Å². The van der Waals surface area contributed by atoms with Gasteiger partial charge in [-0.05, 0) is 38.5 Å². The standard InChI is InChI=1S/C16H19N2O6P/c1-16(2)15(24-25(20,21)22)14(18-7-3-4-13(18)19)11-8-10(9-17)5-6-12(11)23-16/h5-6,8,14-15H,3-4,7H2,1-2H3,(H2,20,21,22)/p-1/t14-,15-/m0/s1. The Bertz CT molecular complexity index is 796. The number of phosphoric ester groups is 1. The molecule has 1 saturated heterocycles. The molecule has 0 bridgehead atoms. The number of nitriles is 1. The molecule has 25 heavy (non-hydrogen) atoms. The van der Waals surface area contributed by atoms with Crippen molar-refractivity contribution in [2.45, 2.75) is 44.4 Å². The van der Waals surface area contributed by atoms with Gasteiger partial charge in [-0.3, -0.25) is 9.36 Å². The Balaban J connectivity index is 2.16. The number of amides is 1. The normalized spacial score (nSPS) is 27.2. The number of carbonyl (C=O) groups excluding carboxylic acids is 1. The molecule has 9 heteroatoms. The van der Waals surface area contributed by atoms with Gasteiger partial charge in [-0.15, -0.1) is 0 Å². The summed E-state index contributed by atoms with van der Waals surface area (Å²) < 4.78 is 22.2. The summed E-state index contributed by atoms with van der Waals surface area (Å²) in [4.78, 5) is 34.5. The number of fused-ring (bicyclic) bond motifs is 1. The highest BCUT2D eigenvalue weighted by atomic mass is 31.2. The van der Waals surface area contributed by atoms with Gasteiger partial charge in [-0.1, -0.05) is 0 Å². The first-order valence-corrected chi connectivity index (χ1v) is 9.37. The lowest BCUT2D eigenvalue weighted by Gasteiger charge is -2.48. The number of nitrogens with zero attached hydrogens (tertiary/aromatic N) is 2. The second-order valence-corrected chi connectivity index (χ2v) is 7.85. The lowest BCUT2D eigenvalue weighted by molar-refractivity contribution is -0.234. The van der Waals surface area contributed by atoms with E-state index < -0.39 is 25.6 Å². The molecule has 134 valence electrons. The van der Waals surface area contributed by atoms with E-state index in [0.717, 1.165) is 0 Å². The predicted octanol–water partition coefficient (Wildman–Crippen LogP) is 1.24. The van der Waals surface area contributed by atoms with Crippen LogP contribution in [0.15, 0.2) is 18.2 Å². The average molecular weight is 365 g/mol. The Hall–Kier alpha value is -1.91. The highest BCUT2D eigenvalue weighted by Gasteiger charge is 2.50. The third kappa shape index (κ3) is 3.42. The summed E-state index contributed by atoms with van der Waals surface area (Å²) >= 11 is 0. The fraction of sp³-hybridized carbons (Fsp3) is 0.500. The third-order valence-electron chi connectivity index (χ3n) is 4.50. The Morgan fingerprint density at radius 3 is 2.80 bits per heavy atom. The number of phosphoric acid groups is 1. The van der Waals surface area contributed by atoms with E-state index in [-0.39, 0.29) is 5.91 Å². The quantitative estimate of drug-likeness (QED) is 0.799. The lowest BCUT2D eigenvalue weighted by Crippen LogP contribution is -2.55. The summed E-state index contributed by atoms with van der Waals surface area (Å²) in [6, 6.07) is 6.00. The largest absolute Gasteiger partial charge is 0.756 e. The minimum atomic E-state index is -5.08. The van der Waals surface area contributed by atoms with E-state index >= 15 is 0 Å². The van der Waals surface area contributed by atoms with E-state index in [0.29, 0.717) is 36.3 Å². The molecule has 1 N–H and O–H groups in total. The zero-order valence-corrected chi connectivity index (χ0v) is 14.7. The molecule has 1 fully saturated rings. The molecule has 2 heterocycles. The second-order valence-electron chi connectivity index (χ2n) is 6.70. The Morgan fingerprint density at radius 2 is 2.24 bits per heavy atom. The summed E-state index contributed by atoms with van der Waals surface area (Å²) in [5.41, 5.74) is -0.281. The van der Waals surface area contributed by atoms with Crippen LogP contribution in [0.2, 0.25) is 0 Å². The highest BCUT2D eigenvalue weighted by molar-refractivity contribution is 7.44. The van der Waals surface area contributed by atoms with Gasteiger partial charge in [-0.25, -0.2) is 0 Å². The summed E-state index contributed by atoms with van der Waals surface area (Å²) in [5.74, 6) is 0.315. The van der Waals surface area contributed by atoms with E-state index in [2.05, 4.69) is 0 Å². The van der Waals surface area contributed by atoms with Gasteiger partial charge in [0.25, 0.3) is 7.82 Å². The van der Waals surface area contributed by atoms with Crippen LogP contribution in [0.3, 0.4) is 0 Å².